The molecule has 2 rings (SSSR count). The first-order chi connectivity index (χ1) is 13.3. The second-order valence-corrected chi connectivity index (χ2v) is 9.74. The molecular formula is C18H22N2O8S. The molecule has 1 N–H and O–H groups in total. The van der Waals surface area contributed by atoms with Crippen LogP contribution < -0.4 is 5.32 Å². The van der Waals surface area contributed by atoms with Gasteiger partial charge in [0.05, 0.1) is 16.9 Å². The Labute approximate surface area is 168 Å². The number of amides is 3. The summed E-state index contributed by atoms with van der Waals surface area (Å²) >= 11 is 0. The van der Waals surface area contributed by atoms with Gasteiger partial charge in [0, 0.05) is 6.26 Å². The molecule has 0 aromatic heterocycles. The summed E-state index contributed by atoms with van der Waals surface area (Å²) in [5.74, 6) is -3.28. The van der Waals surface area contributed by atoms with E-state index in [2.05, 4.69) is 5.32 Å². The number of nitrogens with zero attached hydrogens (tertiary/aromatic N) is 1. The Morgan fingerprint density at radius 3 is 2.07 bits per heavy atom. The van der Waals surface area contributed by atoms with Crippen molar-refractivity contribution >= 4 is 33.7 Å². The summed E-state index contributed by atoms with van der Waals surface area (Å²) in [6, 6.07) is 4.46. The van der Waals surface area contributed by atoms with E-state index < -0.39 is 51.1 Å². The topological polar surface area (TPSA) is 136 Å². The molecular weight excluding hydrogens is 404 g/mol. The lowest BCUT2D eigenvalue weighted by atomic mass is 10.1. The Morgan fingerprint density at radius 2 is 1.62 bits per heavy atom. The summed E-state index contributed by atoms with van der Waals surface area (Å²) in [5.41, 5.74) is -0.728. The standard InChI is InChI=1S/C18H22N2O8S/c1-18(2,3)27-17(24)19-13(9-10-29(4,25)26)16(23)28-20-14(21)11-7-5-6-8-12(11)15(20)22/h5-8,13H,9-10H2,1-4H3,(H,19,24). The molecule has 1 unspecified atom stereocenters. The first-order valence-corrected chi connectivity index (χ1v) is 10.7. The van der Waals surface area contributed by atoms with Gasteiger partial charge in [0.1, 0.15) is 21.5 Å². The molecule has 1 aliphatic heterocycles. The number of carbonyl (C=O) groups excluding carboxylic acids is 4. The first kappa shape index (κ1) is 22.3. The van der Waals surface area contributed by atoms with E-state index >= 15 is 0 Å². The summed E-state index contributed by atoms with van der Waals surface area (Å²) in [4.78, 5) is 54.1. The SMILES string of the molecule is CC(C)(C)OC(=O)NC(CCS(C)(=O)=O)C(=O)ON1C(=O)c2ccccc2C1=O. The van der Waals surface area contributed by atoms with Crippen molar-refractivity contribution in [1.29, 1.82) is 0 Å². The maximum Gasteiger partial charge on any atom is 0.408 e. The number of alkyl carbamates (subject to hydrolysis) is 1. The summed E-state index contributed by atoms with van der Waals surface area (Å²) in [6.07, 6.45) is -0.345. The highest BCUT2D eigenvalue weighted by atomic mass is 32.2. The summed E-state index contributed by atoms with van der Waals surface area (Å²) in [7, 11) is -3.46. The van der Waals surface area contributed by atoms with Gasteiger partial charge >= 0.3 is 12.1 Å². The van der Waals surface area contributed by atoms with Gasteiger partial charge in [-0.25, -0.2) is 18.0 Å². The molecule has 1 aromatic carbocycles. The molecule has 1 heterocycles. The van der Waals surface area contributed by atoms with Crippen LogP contribution in [0.4, 0.5) is 4.79 Å². The van der Waals surface area contributed by atoms with E-state index in [4.69, 9.17) is 9.57 Å². The van der Waals surface area contributed by atoms with Gasteiger partial charge in [-0.3, -0.25) is 9.59 Å². The number of benzene rings is 1. The molecule has 0 spiro atoms. The molecule has 3 amide bonds. The molecule has 11 heteroatoms. The van der Waals surface area contributed by atoms with Crippen LogP contribution in [0.5, 0.6) is 0 Å². The predicted octanol–water partition coefficient (Wildman–Crippen LogP) is 1.07. The van der Waals surface area contributed by atoms with E-state index in [0.717, 1.165) is 6.26 Å². The lowest BCUT2D eigenvalue weighted by Gasteiger charge is -2.23. The van der Waals surface area contributed by atoms with E-state index in [1.54, 1.807) is 32.9 Å². The van der Waals surface area contributed by atoms with Crippen molar-refractivity contribution in [3.63, 3.8) is 0 Å². The number of carbonyl (C=O) groups is 4. The number of rotatable bonds is 6. The first-order valence-electron chi connectivity index (χ1n) is 8.65. The zero-order valence-electron chi connectivity index (χ0n) is 16.4. The molecule has 10 nitrogen and oxygen atoms in total. The Balaban J connectivity index is 2.15. The molecule has 1 aromatic rings. The Kier molecular flexibility index (Phi) is 6.31. The fourth-order valence-corrected chi connectivity index (χ4v) is 3.10. The zero-order valence-corrected chi connectivity index (χ0v) is 17.2. The van der Waals surface area contributed by atoms with Gasteiger partial charge in [-0.15, -0.1) is 0 Å². The van der Waals surface area contributed by atoms with E-state index in [1.807, 2.05) is 0 Å². The molecule has 1 aliphatic rings. The second kappa shape index (κ2) is 8.19. The summed E-state index contributed by atoms with van der Waals surface area (Å²) < 4.78 is 28.0. The number of hydroxylamine groups is 2. The predicted molar refractivity (Wildman–Crippen MR) is 101 cm³/mol. The van der Waals surface area contributed by atoms with Crippen molar-refractivity contribution in [2.24, 2.45) is 0 Å². The molecule has 158 valence electrons. The van der Waals surface area contributed by atoms with E-state index in [0.29, 0.717) is 0 Å². The average molecular weight is 426 g/mol. The minimum Gasteiger partial charge on any atom is -0.444 e. The number of hydrogen-bond donors (Lipinski definition) is 1. The molecule has 0 saturated heterocycles. The largest absolute Gasteiger partial charge is 0.444 e. The van der Waals surface area contributed by atoms with Crippen LogP contribution in [-0.4, -0.2) is 61.0 Å². The lowest BCUT2D eigenvalue weighted by molar-refractivity contribution is -0.171. The van der Waals surface area contributed by atoms with E-state index in [9.17, 15) is 27.6 Å². The Bertz CT molecular complexity index is 914. The normalized spacial score (nSPS) is 15.0. The van der Waals surface area contributed by atoms with Crippen LogP contribution in [0.2, 0.25) is 0 Å². The minimum atomic E-state index is -3.46. The van der Waals surface area contributed by atoms with Crippen molar-refractivity contribution in [3.05, 3.63) is 35.4 Å². The van der Waals surface area contributed by atoms with Gasteiger partial charge in [-0.1, -0.05) is 17.2 Å². The van der Waals surface area contributed by atoms with Crippen molar-refractivity contribution in [1.82, 2.24) is 10.4 Å². The smallest absolute Gasteiger partial charge is 0.408 e. The zero-order chi connectivity index (χ0) is 22.0. The highest BCUT2D eigenvalue weighted by Gasteiger charge is 2.40. The van der Waals surface area contributed by atoms with Gasteiger partial charge in [-0.05, 0) is 39.3 Å². The number of ether oxygens (including phenoxy) is 1. The average Bonchev–Trinajstić information content (AvgIpc) is 2.81. The van der Waals surface area contributed by atoms with Gasteiger partial charge in [0.15, 0.2) is 0 Å². The number of hydrogen-bond acceptors (Lipinski definition) is 8. The highest BCUT2D eigenvalue weighted by Crippen LogP contribution is 2.23. The van der Waals surface area contributed by atoms with Crippen LogP contribution in [0.1, 0.15) is 47.9 Å². The third-order valence-electron chi connectivity index (χ3n) is 3.69. The molecule has 0 fully saturated rings. The summed E-state index contributed by atoms with van der Waals surface area (Å²) in [6.45, 7) is 4.82. The van der Waals surface area contributed by atoms with Crippen LogP contribution in [0, 0.1) is 0 Å². The molecule has 0 saturated carbocycles. The van der Waals surface area contributed by atoms with Crippen LogP contribution in [-0.2, 0) is 24.2 Å². The Hall–Kier alpha value is -2.95. The molecule has 0 bridgehead atoms. The third-order valence-corrected chi connectivity index (χ3v) is 4.67. The Morgan fingerprint density at radius 1 is 1.10 bits per heavy atom. The number of imide groups is 1. The number of fused-ring (bicyclic) bond motifs is 1. The summed E-state index contributed by atoms with van der Waals surface area (Å²) in [5, 5.41) is 2.51. The van der Waals surface area contributed by atoms with Gasteiger partial charge in [-0.2, -0.15) is 0 Å². The molecule has 1 atom stereocenters. The third kappa shape index (κ3) is 6.01. The van der Waals surface area contributed by atoms with Crippen LogP contribution in [0.3, 0.4) is 0 Å². The maximum absolute atomic E-state index is 12.5. The van der Waals surface area contributed by atoms with Crippen LogP contribution in [0.25, 0.3) is 0 Å². The van der Waals surface area contributed by atoms with Crippen molar-refractivity contribution < 1.29 is 37.2 Å². The molecule has 29 heavy (non-hydrogen) atoms. The van der Waals surface area contributed by atoms with E-state index in [1.165, 1.54) is 12.1 Å². The molecule has 0 radical (unpaired) electrons. The van der Waals surface area contributed by atoms with Crippen molar-refractivity contribution in [2.75, 3.05) is 12.0 Å². The van der Waals surface area contributed by atoms with Gasteiger partial charge in [0.2, 0.25) is 0 Å². The number of sulfone groups is 1. The highest BCUT2D eigenvalue weighted by molar-refractivity contribution is 7.90. The fourth-order valence-electron chi connectivity index (χ4n) is 2.43. The van der Waals surface area contributed by atoms with Crippen LogP contribution >= 0.6 is 0 Å². The fraction of sp³-hybridized carbons (Fsp3) is 0.444. The van der Waals surface area contributed by atoms with Crippen LogP contribution in [0.15, 0.2) is 24.3 Å². The van der Waals surface area contributed by atoms with Crippen molar-refractivity contribution in [3.8, 4) is 0 Å². The molecule has 0 aliphatic carbocycles. The second-order valence-electron chi connectivity index (χ2n) is 7.48. The monoisotopic (exact) mass is 426 g/mol. The minimum absolute atomic E-state index is 0.0677. The number of nitrogens with one attached hydrogen (secondary N) is 1. The lowest BCUT2D eigenvalue weighted by Crippen LogP contribution is -2.47. The quantitative estimate of drug-likeness (QED) is 0.667. The maximum atomic E-state index is 12.5. The van der Waals surface area contributed by atoms with E-state index in [-0.39, 0.29) is 22.6 Å². The van der Waals surface area contributed by atoms with Gasteiger partial charge < -0.3 is 14.9 Å². The van der Waals surface area contributed by atoms with Crippen molar-refractivity contribution in [2.45, 2.75) is 38.8 Å². The van der Waals surface area contributed by atoms with Gasteiger partial charge in [0.25, 0.3) is 11.8 Å².